The molecule has 0 spiro atoms. The average molecular weight is 302 g/mol. The van der Waals surface area contributed by atoms with Gasteiger partial charge in [0.05, 0.1) is 11.6 Å². The van der Waals surface area contributed by atoms with Crippen molar-refractivity contribution in [3.05, 3.63) is 65.6 Å². The van der Waals surface area contributed by atoms with Gasteiger partial charge in [0.15, 0.2) is 0 Å². The molecule has 3 rings (SSSR count). The van der Waals surface area contributed by atoms with Gasteiger partial charge >= 0.3 is 0 Å². The number of para-hydroxylation sites is 1. The molecular weight excluding hydrogens is 289 g/mol. The minimum atomic E-state index is -0.350. The Kier molecular flexibility index (Phi) is 3.71. The van der Waals surface area contributed by atoms with Gasteiger partial charge in [0, 0.05) is 5.56 Å². The molecule has 0 bridgehead atoms. The van der Waals surface area contributed by atoms with E-state index in [2.05, 4.69) is 10.3 Å². The fourth-order valence-electron chi connectivity index (χ4n) is 2.28. The van der Waals surface area contributed by atoms with E-state index in [9.17, 15) is 4.39 Å². The van der Waals surface area contributed by atoms with Gasteiger partial charge in [0.1, 0.15) is 17.2 Å². The lowest BCUT2D eigenvalue weighted by Crippen LogP contribution is -2.02. The smallest absolute Gasteiger partial charge is 0.148 e. The van der Waals surface area contributed by atoms with Crippen LogP contribution in [0.4, 0.5) is 4.39 Å². The summed E-state index contributed by atoms with van der Waals surface area (Å²) in [7, 11) is 0. The van der Waals surface area contributed by atoms with E-state index < -0.39 is 0 Å². The second kappa shape index (κ2) is 5.66. The lowest BCUT2D eigenvalue weighted by atomic mass is 10.1. The Labute approximate surface area is 127 Å². The van der Waals surface area contributed by atoms with Crippen molar-refractivity contribution in [2.75, 3.05) is 0 Å². The lowest BCUT2D eigenvalue weighted by Gasteiger charge is -2.09. The zero-order valence-electron chi connectivity index (χ0n) is 11.4. The molecule has 1 aromatic heterocycles. The number of halogens is 2. The van der Waals surface area contributed by atoms with E-state index in [0.717, 1.165) is 16.8 Å². The van der Waals surface area contributed by atoms with Gasteiger partial charge in [-0.15, -0.1) is 16.7 Å². The number of hydrogen-bond donors (Lipinski definition) is 0. The summed E-state index contributed by atoms with van der Waals surface area (Å²) >= 11 is 5.95. The minimum Gasteiger partial charge on any atom is -0.210 e. The molecule has 0 amide bonds. The summed E-state index contributed by atoms with van der Waals surface area (Å²) in [4.78, 5) is 0. The van der Waals surface area contributed by atoms with Gasteiger partial charge in [-0.05, 0) is 25.1 Å². The van der Waals surface area contributed by atoms with Gasteiger partial charge < -0.3 is 0 Å². The van der Waals surface area contributed by atoms with Crippen LogP contribution in [-0.2, 0) is 5.88 Å². The van der Waals surface area contributed by atoms with Crippen LogP contribution >= 0.6 is 11.6 Å². The molecule has 3 nitrogen and oxygen atoms in total. The number of aryl methyl sites for hydroxylation is 1. The van der Waals surface area contributed by atoms with Gasteiger partial charge in [0.2, 0.25) is 0 Å². The van der Waals surface area contributed by atoms with Crippen LogP contribution in [0.5, 0.6) is 0 Å². The van der Waals surface area contributed by atoms with Crippen molar-refractivity contribution in [2.24, 2.45) is 0 Å². The molecule has 2 aromatic carbocycles. The average Bonchev–Trinajstić information content (AvgIpc) is 2.91. The maximum Gasteiger partial charge on any atom is 0.148 e. The highest BCUT2D eigenvalue weighted by atomic mass is 35.5. The summed E-state index contributed by atoms with van der Waals surface area (Å²) in [6.45, 7) is 2.00. The molecule has 0 fully saturated rings. The summed E-state index contributed by atoms with van der Waals surface area (Å²) in [5.74, 6) is -0.130. The van der Waals surface area contributed by atoms with Crippen molar-refractivity contribution in [1.29, 1.82) is 0 Å². The van der Waals surface area contributed by atoms with Gasteiger partial charge in [-0.1, -0.05) is 41.1 Å². The number of hydrogen-bond acceptors (Lipinski definition) is 2. The normalized spacial score (nSPS) is 10.8. The molecule has 0 atom stereocenters. The van der Waals surface area contributed by atoms with Crippen LogP contribution in [0.3, 0.4) is 0 Å². The number of nitrogens with zero attached hydrogens (tertiary/aromatic N) is 3. The fourth-order valence-corrected chi connectivity index (χ4v) is 2.46. The number of benzene rings is 2. The van der Waals surface area contributed by atoms with E-state index >= 15 is 0 Å². The maximum atomic E-state index is 14.0. The second-order valence-electron chi connectivity index (χ2n) is 4.75. The van der Waals surface area contributed by atoms with Gasteiger partial charge in [-0.25, -0.2) is 9.07 Å². The standard InChI is InChI=1S/C16H13ClFN3/c1-11-5-4-6-12(9-11)16-14(10-17)19-20-21(16)15-8-3-2-7-13(15)18/h2-9H,10H2,1H3. The summed E-state index contributed by atoms with van der Waals surface area (Å²) in [6, 6.07) is 14.4. The topological polar surface area (TPSA) is 30.7 Å². The van der Waals surface area contributed by atoms with E-state index in [0.29, 0.717) is 11.4 Å². The highest BCUT2D eigenvalue weighted by Crippen LogP contribution is 2.27. The SMILES string of the molecule is Cc1cccc(-c2c(CCl)nnn2-c2ccccc2F)c1. The van der Waals surface area contributed by atoms with Crippen molar-refractivity contribution in [2.45, 2.75) is 12.8 Å². The van der Waals surface area contributed by atoms with Crippen LogP contribution in [0, 0.1) is 12.7 Å². The van der Waals surface area contributed by atoms with Gasteiger partial charge in [-0.3, -0.25) is 0 Å². The number of alkyl halides is 1. The largest absolute Gasteiger partial charge is 0.210 e. The van der Waals surface area contributed by atoms with Gasteiger partial charge in [-0.2, -0.15) is 0 Å². The van der Waals surface area contributed by atoms with Crippen molar-refractivity contribution in [1.82, 2.24) is 15.0 Å². The maximum absolute atomic E-state index is 14.0. The molecule has 0 saturated carbocycles. The predicted octanol–water partition coefficient (Wildman–Crippen LogP) is 4.12. The van der Waals surface area contributed by atoms with Crippen LogP contribution < -0.4 is 0 Å². The molecule has 21 heavy (non-hydrogen) atoms. The summed E-state index contributed by atoms with van der Waals surface area (Å²) in [6.07, 6.45) is 0. The van der Waals surface area contributed by atoms with Crippen LogP contribution in [0.15, 0.2) is 48.5 Å². The molecule has 0 aliphatic rings. The summed E-state index contributed by atoms with van der Waals surface area (Å²) in [5.41, 5.74) is 3.73. The molecule has 0 N–H and O–H groups in total. The molecule has 0 radical (unpaired) electrons. The minimum absolute atomic E-state index is 0.220. The van der Waals surface area contributed by atoms with E-state index in [-0.39, 0.29) is 11.7 Å². The molecule has 1 heterocycles. The highest BCUT2D eigenvalue weighted by Gasteiger charge is 2.17. The Morgan fingerprint density at radius 1 is 1.14 bits per heavy atom. The Hall–Kier alpha value is -2.20. The number of rotatable bonds is 3. The van der Waals surface area contributed by atoms with Crippen LogP contribution in [-0.4, -0.2) is 15.0 Å². The molecule has 106 valence electrons. The highest BCUT2D eigenvalue weighted by molar-refractivity contribution is 6.17. The quantitative estimate of drug-likeness (QED) is 0.681. The Morgan fingerprint density at radius 3 is 2.67 bits per heavy atom. The van der Waals surface area contributed by atoms with Gasteiger partial charge in [0.25, 0.3) is 0 Å². The first kappa shape index (κ1) is 13.8. The Bertz CT molecular complexity index is 783. The molecule has 0 saturated heterocycles. The Balaban J connectivity index is 2.24. The molecule has 5 heteroatoms. The van der Waals surface area contributed by atoms with Crippen LogP contribution in [0.25, 0.3) is 16.9 Å². The predicted molar refractivity (Wildman–Crippen MR) is 81.0 cm³/mol. The first-order valence-electron chi connectivity index (χ1n) is 6.53. The van der Waals surface area contributed by atoms with Crippen LogP contribution in [0.2, 0.25) is 0 Å². The van der Waals surface area contributed by atoms with Crippen LogP contribution in [0.1, 0.15) is 11.3 Å². The molecule has 0 unspecified atom stereocenters. The van der Waals surface area contributed by atoms with Crippen molar-refractivity contribution < 1.29 is 4.39 Å². The molecule has 0 aliphatic carbocycles. The van der Waals surface area contributed by atoms with E-state index in [1.807, 2.05) is 31.2 Å². The summed E-state index contributed by atoms with van der Waals surface area (Å²) < 4.78 is 15.5. The first-order chi connectivity index (χ1) is 10.2. The third-order valence-corrected chi connectivity index (χ3v) is 3.49. The summed E-state index contributed by atoms with van der Waals surface area (Å²) in [5, 5.41) is 8.14. The zero-order chi connectivity index (χ0) is 14.8. The molecule has 3 aromatic rings. The van der Waals surface area contributed by atoms with Crippen molar-refractivity contribution in [3.63, 3.8) is 0 Å². The second-order valence-corrected chi connectivity index (χ2v) is 5.02. The van der Waals surface area contributed by atoms with Crippen molar-refractivity contribution >= 4 is 11.6 Å². The third kappa shape index (κ3) is 2.54. The Morgan fingerprint density at radius 2 is 1.95 bits per heavy atom. The lowest BCUT2D eigenvalue weighted by molar-refractivity contribution is 0.608. The molecular formula is C16H13ClFN3. The van der Waals surface area contributed by atoms with E-state index in [4.69, 9.17) is 11.6 Å². The zero-order valence-corrected chi connectivity index (χ0v) is 12.2. The number of aromatic nitrogens is 3. The van der Waals surface area contributed by atoms with Crippen molar-refractivity contribution in [3.8, 4) is 16.9 Å². The third-order valence-electron chi connectivity index (χ3n) is 3.24. The molecule has 0 aliphatic heterocycles. The fraction of sp³-hybridized carbons (Fsp3) is 0.125. The first-order valence-corrected chi connectivity index (χ1v) is 7.06. The van der Waals surface area contributed by atoms with E-state index in [1.54, 1.807) is 18.2 Å². The van der Waals surface area contributed by atoms with E-state index in [1.165, 1.54) is 10.7 Å². The monoisotopic (exact) mass is 301 g/mol.